The molecular formula is C16H17N3O3. The summed E-state index contributed by atoms with van der Waals surface area (Å²) >= 11 is 0. The molecule has 0 unspecified atom stereocenters. The third-order valence-corrected chi connectivity index (χ3v) is 3.57. The number of aromatic nitrogens is 1. The van der Waals surface area contributed by atoms with Crippen LogP contribution < -0.4 is 9.64 Å². The lowest BCUT2D eigenvalue weighted by Gasteiger charge is -2.40. The number of benzene rings is 1. The molecule has 6 nitrogen and oxygen atoms in total. The zero-order chi connectivity index (χ0) is 15.7. The second-order valence-electron chi connectivity index (χ2n) is 5.98. The predicted octanol–water partition coefficient (Wildman–Crippen LogP) is 3.17. The smallest absolute Gasteiger partial charge is 0.271 e. The molecule has 22 heavy (non-hydrogen) atoms. The highest BCUT2D eigenvalue weighted by atomic mass is 16.6. The normalized spacial score (nSPS) is 15.8. The molecule has 1 aromatic heterocycles. The molecule has 1 aliphatic heterocycles. The Kier molecular flexibility index (Phi) is 3.44. The molecule has 0 radical (unpaired) electrons. The lowest BCUT2D eigenvalue weighted by Crippen LogP contribution is -2.46. The van der Waals surface area contributed by atoms with Crippen molar-refractivity contribution in [2.75, 3.05) is 11.4 Å². The summed E-state index contributed by atoms with van der Waals surface area (Å²) in [5.74, 6) is 0.677. The Morgan fingerprint density at radius 2 is 2.05 bits per heavy atom. The average molecular weight is 299 g/mol. The molecule has 0 amide bonds. The van der Waals surface area contributed by atoms with Crippen molar-refractivity contribution in [3.63, 3.8) is 0 Å². The van der Waals surface area contributed by atoms with Crippen molar-refractivity contribution in [3.05, 3.63) is 58.4 Å². The largest absolute Gasteiger partial charge is 0.484 e. The van der Waals surface area contributed by atoms with Crippen molar-refractivity contribution in [1.29, 1.82) is 0 Å². The van der Waals surface area contributed by atoms with Gasteiger partial charge in [-0.15, -0.1) is 0 Å². The maximum atomic E-state index is 11.0. The van der Waals surface area contributed by atoms with Crippen LogP contribution in [0.25, 0.3) is 0 Å². The van der Waals surface area contributed by atoms with Crippen LogP contribution in [-0.2, 0) is 6.54 Å². The third-order valence-electron chi connectivity index (χ3n) is 3.57. The molecular weight excluding hydrogens is 282 g/mol. The Balaban J connectivity index is 1.99. The van der Waals surface area contributed by atoms with E-state index in [0.717, 1.165) is 11.3 Å². The standard InChI is InChI=1S/C16H17N3O3/c1-16(2)11-18(10-12-5-7-17-8-6-12)14-9-13(19(20)21)3-4-15(14)22-16/h3-9H,10-11H2,1-2H3. The monoisotopic (exact) mass is 299 g/mol. The van der Waals surface area contributed by atoms with E-state index in [1.165, 1.54) is 6.07 Å². The van der Waals surface area contributed by atoms with Gasteiger partial charge in [0.25, 0.3) is 5.69 Å². The van der Waals surface area contributed by atoms with Crippen LogP contribution in [0.15, 0.2) is 42.7 Å². The summed E-state index contributed by atoms with van der Waals surface area (Å²) in [6.45, 7) is 5.33. The van der Waals surface area contributed by atoms with Gasteiger partial charge < -0.3 is 9.64 Å². The van der Waals surface area contributed by atoms with E-state index >= 15 is 0 Å². The first-order valence-corrected chi connectivity index (χ1v) is 7.06. The fraction of sp³-hybridized carbons (Fsp3) is 0.312. The van der Waals surface area contributed by atoms with E-state index in [4.69, 9.17) is 4.74 Å². The van der Waals surface area contributed by atoms with Crippen molar-refractivity contribution < 1.29 is 9.66 Å². The van der Waals surface area contributed by atoms with E-state index in [1.807, 2.05) is 26.0 Å². The molecule has 1 aromatic carbocycles. The molecule has 0 aliphatic carbocycles. The molecule has 1 aliphatic rings. The van der Waals surface area contributed by atoms with E-state index in [0.29, 0.717) is 18.8 Å². The first kappa shape index (κ1) is 14.3. The lowest BCUT2D eigenvalue weighted by molar-refractivity contribution is -0.384. The second kappa shape index (κ2) is 5.29. The fourth-order valence-corrected chi connectivity index (χ4v) is 2.68. The number of anilines is 1. The van der Waals surface area contributed by atoms with Gasteiger partial charge in [0.15, 0.2) is 0 Å². The molecule has 114 valence electrons. The summed E-state index contributed by atoms with van der Waals surface area (Å²) < 4.78 is 5.95. The van der Waals surface area contributed by atoms with Gasteiger partial charge >= 0.3 is 0 Å². The molecule has 0 saturated heterocycles. The Bertz CT molecular complexity index is 701. The minimum atomic E-state index is -0.384. The zero-order valence-electron chi connectivity index (χ0n) is 12.5. The van der Waals surface area contributed by atoms with Crippen LogP contribution in [-0.4, -0.2) is 22.1 Å². The maximum absolute atomic E-state index is 11.0. The Morgan fingerprint density at radius 3 is 2.73 bits per heavy atom. The molecule has 0 spiro atoms. The fourth-order valence-electron chi connectivity index (χ4n) is 2.68. The van der Waals surface area contributed by atoms with Crippen molar-refractivity contribution in [1.82, 2.24) is 4.98 Å². The number of rotatable bonds is 3. The number of nitro groups is 1. The first-order valence-electron chi connectivity index (χ1n) is 7.06. The average Bonchev–Trinajstić information content (AvgIpc) is 2.46. The number of ether oxygens (including phenoxy) is 1. The summed E-state index contributed by atoms with van der Waals surface area (Å²) in [5, 5.41) is 11.0. The van der Waals surface area contributed by atoms with Crippen molar-refractivity contribution >= 4 is 11.4 Å². The van der Waals surface area contributed by atoms with Gasteiger partial charge in [0.05, 0.1) is 17.2 Å². The number of non-ortho nitro benzene ring substituents is 1. The van der Waals surface area contributed by atoms with Crippen molar-refractivity contribution in [2.24, 2.45) is 0 Å². The van der Waals surface area contributed by atoms with E-state index in [9.17, 15) is 10.1 Å². The quantitative estimate of drug-likeness (QED) is 0.643. The maximum Gasteiger partial charge on any atom is 0.271 e. The first-order chi connectivity index (χ1) is 10.4. The Hall–Kier alpha value is -2.63. The number of nitrogens with zero attached hydrogens (tertiary/aromatic N) is 3. The highest BCUT2D eigenvalue weighted by Gasteiger charge is 2.32. The van der Waals surface area contributed by atoms with Gasteiger partial charge in [0, 0.05) is 31.1 Å². The van der Waals surface area contributed by atoms with E-state index in [1.54, 1.807) is 24.5 Å². The SMILES string of the molecule is CC1(C)CN(Cc2ccncc2)c2cc([N+](=O)[O-])ccc2O1. The summed E-state index contributed by atoms with van der Waals surface area (Å²) in [7, 11) is 0. The van der Waals surface area contributed by atoms with Gasteiger partial charge in [-0.3, -0.25) is 15.1 Å². The molecule has 3 rings (SSSR count). The van der Waals surface area contributed by atoms with Gasteiger partial charge in [-0.25, -0.2) is 0 Å². The molecule has 0 fully saturated rings. The van der Waals surface area contributed by atoms with Gasteiger partial charge in [-0.2, -0.15) is 0 Å². The van der Waals surface area contributed by atoms with Gasteiger partial charge in [-0.05, 0) is 37.6 Å². The molecule has 0 atom stereocenters. The van der Waals surface area contributed by atoms with Crippen LogP contribution >= 0.6 is 0 Å². The highest BCUT2D eigenvalue weighted by Crippen LogP contribution is 2.39. The Labute approximate surface area is 128 Å². The summed E-state index contributed by atoms with van der Waals surface area (Å²) in [5.41, 5.74) is 1.58. The van der Waals surface area contributed by atoms with Crippen molar-refractivity contribution in [2.45, 2.75) is 26.0 Å². The lowest BCUT2D eigenvalue weighted by atomic mass is 10.0. The summed E-state index contributed by atoms with van der Waals surface area (Å²) in [4.78, 5) is 16.8. The van der Waals surface area contributed by atoms with Crippen LogP contribution in [0.1, 0.15) is 19.4 Å². The molecule has 0 saturated carbocycles. The predicted molar refractivity (Wildman–Crippen MR) is 83.1 cm³/mol. The number of hydrogen-bond donors (Lipinski definition) is 0. The van der Waals surface area contributed by atoms with Crippen LogP contribution in [0.4, 0.5) is 11.4 Å². The second-order valence-corrected chi connectivity index (χ2v) is 5.98. The molecule has 0 N–H and O–H groups in total. The number of hydrogen-bond acceptors (Lipinski definition) is 5. The van der Waals surface area contributed by atoms with Crippen LogP contribution in [0.2, 0.25) is 0 Å². The topological polar surface area (TPSA) is 68.5 Å². The molecule has 0 bridgehead atoms. The zero-order valence-corrected chi connectivity index (χ0v) is 12.5. The number of fused-ring (bicyclic) bond motifs is 1. The number of nitro benzene ring substituents is 1. The molecule has 2 aromatic rings. The number of pyridine rings is 1. The summed E-state index contributed by atoms with van der Waals surface area (Å²) in [6, 6.07) is 8.61. The minimum Gasteiger partial charge on any atom is -0.484 e. The van der Waals surface area contributed by atoms with Gasteiger partial charge in [0.2, 0.25) is 0 Å². The van der Waals surface area contributed by atoms with Gasteiger partial charge in [-0.1, -0.05) is 0 Å². The van der Waals surface area contributed by atoms with Crippen LogP contribution in [0, 0.1) is 10.1 Å². The molecule has 6 heteroatoms. The van der Waals surface area contributed by atoms with E-state index in [2.05, 4.69) is 9.88 Å². The minimum absolute atomic E-state index is 0.0711. The highest BCUT2D eigenvalue weighted by molar-refractivity contribution is 5.65. The van der Waals surface area contributed by atoms with Crippen LogP contribution in [0.5, 0.6) is 5.75 Å². The van der Waals surface area contributed by atoms with Gasteiger partial charge in [0.1, 0.15) is 11.4 Å². The Morgan fingerprint density at radius 1 is 1.32 bits per heavy atom. The molecule has 2 heterocycles. The van der Waals surface area contributed by atoms with Crippen molar-refractivity contribution in [3.8, 4) is 5.75 Å². The summed E-state index contributed by atoms with van der Waals surface area (Å²) in [6.07, 6.45) is 3.49. The van der Waals surface area contributed by atoms with Crippen LogP contribution in [0.3, 0.4) is 0 Å². The van der Waals surface area contributed by atoms with E-state index in [-0.39, 0.29) is 16.2 Å². The third kappa shape index (κ3) is 2.86. The van der Waals surface area contributed by atoms with E-state index < -0.39 is 0 Å².